The van der Waals surface area contributed by atoms with Gasteiger partial charge < -0.3 is 5.32 Å². The van der Waals surface area contributed by atoms with Crippen molar-refractivity contribution in [1.29, 1.82) is 0 Å². The molecule has 0 aliphatic heterocycles. The number of hydrogen-bond acceptors (Lipinski definition) is 2. The third-order valence-corrected chi connectivity index (χ3v) is 3.86. The molecular weight excluding hydrogens is 349 g/mol. The number of rotatable bonds is 6. The molecule has 19 heavy (non-hydrogen) atoms. The summed E-state index contributed by atoms with van der Waals surface area (Å²) in [6, 6.07) is 9.14. The summed E-state index contributed by atoms with van der Waals surface area (Å²) in [5.74, 6) is 0. The monoisotopic (exact) mass is 369 g/mol. The number of hydrogen-bond donors (Lipinski definition) is 1. The molecule has 1 N–H and O–H groups in total. The summed E-state index contributed by atoms with van der Waals surface area (Å²) in [6.45, 7) is 5.37. The first-order chi connectivity index (χ1) is 9.22. The van der Waals surface area contributed by atoms with Crippen molar-refractivity contribution in [1.82, 2.24) is 15.1 Å². The lowest BCUT2D eigenvalue weighted by molar-refractivity contribution is 0.484. The highest BCUT2D eigenvalue weighted by atomic mass is 127. The van der Waals surface area contributed by atoms with Crippen molar-refractivity contribution in [3.05, 3.63) is 45.8 Å². The summed E-state index contributed by atoms with van der Waals surface area (Å²) in [5, 5.41) is 7.93. The highest BCUT2D eigenvalue weighted by Crippen LogP contribution is 2.12. The standard InChI is InChI=1S/C15H20IN3/c1-3-14(4-2)17-9-12-6-5-7-15(8-12)19-11-13(16)10-18-19/h5-8,10-11,14,17H,3-4,9H2,1-2H3. The van der Waals surface area contributed by atoms with Crippen LogP contribution >= 0.6 is 22.6 Å². The Labute approximate surface area is 128 Å². The van der Waals surface area contributed by atoms with Gasteiger partial charge in [0.1, 0.15) is 0 Å². The Balaban J connectivity index is 2.07. The van der Waals surface area contributed by atoms with E-state index in [1.165, 1.54) is 18.4 Å². The molecule has 1 aromatic heterocycles. The Morgan fingerprint density at radius 1 is 1.32 bits per heavy atom. The van der Waals surface area contributed by atoms with Gasteiger partial charge in [-0.05, 0) is 53.1 Å². The molecule has 1 heterocycles. The van der Waals surface area contributed by atoms with Gasteiger partial charge in [-0.2, -0.15) is 5.10 Å². The average Bonchev–Trinajstić information content (AvgIpc) is 2.87. The van der Waals surface area contributed by atoms with E-state index < -0.39 is 0 Å². The quantitative estimate of drug-likeness (QED) is 0.786. The van der Waals surface area contributed by atoms with E-state index in [2.05, 4.69) is 71.1 Å². The zero-order valence-corrected chi connectivity index (χ0v) is 13.6. The van der Waals surface area contributed by atoms with Crippen LogP contribution in [0.1, 0.15) is 32.3 Å². The maximum atomic E-state index is 4.34. The molecule has 2 rings (SSSR count). The largest absolute Gasteiger partial charge is 0.310 e. The third kappa shape index (κ3) is 4.04. The molecule has 0 radical (unpaired) electrons. The van der Waals surface area contributed by atoms with Crippen LogP contribution in [0.3, 0.4) is 0 Å². The number of benzene rings is 1. The van der Waals surface area contributed by atoms with Crippen LogP contribution in [0, 0.1) is 3.57 Å². The Hall–Kier alpha value is -0.880. The van der Waals surface area contributed by atoms with Crippen LogP contribution < -0.4 is 5.32 Å². The topological polar surface area (TPSA) is 29.9 Å². The molecule has 0 atom stereocenters. The Bertz CT molecular complexity index is 518. The second-order valence-corrected chi connectivity index (χ2v) is 5.91. The molecule has 4 heteroatoms. The van der Waals surface area contributed by atoms with Crippen molar-refractivity contribution >= 4 is 22.6 Å². The molecule has 2 aromatic rings. The summed E-state index contributed by atoms with van der Waals surface area (Å²) >= 11 is 2.28. The fraction of sp³-hybridized carbons (Fsp3) is 0.400. The molecule has 0 aliphatic carbocycles. The van der Waals surface area contributed by atoms with E-state index in [1.54, 1.807) is 0 Å². The van der Waals surface area contributed by atoms with Crippen molar-refractivity contribution in [2.75, 3.05) is 0 Å². The van der Waals surface area contributed by atoms with Gasteiger partial charge in [-0.25, -0.2) is 4.68 Å². The van der Waals surface area contributed by atoms with E-state index in [0.29, 0.717) is 6.04 Å². The Morgan fingerprint density at radius 3 is 2.74 bits per heavy atom. The molecule has 0 bridgehead atoms. The normalized spacial score (nSPS) is 11.2. The van der Waals surface area contributed by atoms with Gasteiger partial charge in [-0.3, -0.25) is 0 Å². The predicted molar refractivity (Wildman–Crippen MR) is 87.5 cm³/mol. The molecule has 0 amide bonds. The maximum Gasteiger partial charge on any atom is 0.0649 e. The maximum absolute atomic E-state index is 4.34. The minimum Gasteiger partial charge on any atom is -0.310 e. The Morgan fingerprint density at radius 2 is 2.11 bits per heavy atom. The van der Waals surface area contributed by atoms with Crippen LogP contribution in [0.5, 0.6) is 0 Å². The first kappa shape index (κ1) is 14.5. The average molecular weight is 369 g/mol. The van der Waals surface area contributed by atoms with E-state index in [1.807, 2.05) is 17.1 Å². The number of nitrogens with one attached hydrogen (secondary N) is 1. The minimum atomic E-state index is 0.606. The number of halogens is 1. The molecular formula is C15H20IN3. The van der Waals surface area contributed by atoms with Gasteiger partial charge in [-0.15, -0.1) is 0 Å². The summed E-state index contributed by atoms with van der Waals surface area (Å²) in [4.78, 5) is 0. The third-order valence-electron chi connectivity index (χ3n) is 3.31. The minimum absolute atomic E-state index is 0.606. The van der Waals surface area contributed by atoms with Crippen molar-refractivity contribution in [3.8, 4) is 5.69 Å². The van der Waals surface area contributed by atoms with E-state index in [0.717, 1.165) is 15.8 Å². The lowest BCUT2D eigenvalue weighted by atomic mass is 10.1. The zero-order chi connectivity index (χ0) is 13.7. The summed E-state index contributed by atoms with van der Waals surface area (Å²) in [6.07, 6.45) is 6.25. The van der Waals surface area contributed by atoms with Crippen LogP contribution in [0.2, 0.25) is 0 Å². The fourth-order valence-corrected chi connectivity index (χ4v) is 2.48. The molecule has 0 unspecified atom stereocenters. The van der Waals surface area contributed by atoms with Gasteiger partial charge in [0, 0.05) is 18.8 Å². The summed E-state index contributed by atoms with van der Waals surface area (Å²) < 4.78 is 3.07. The first-order valence-electron chi connectivity index (χ1n) is 6.75. The van der Waals surface area contributed by atoms with Crippen LogP contribution in [0.4, 0.5) is 0 Å². The smallest absolute Gasteiger partial charge is 0.0649 e. The van der Waals surface area contributed by atoms with E-state index in [9.17, 15) is 0 Å². The lowest BCUT2D eigenvalue weighted by Gasteiger charge is -2.15. The van der Waals surface area contributed by atoms with Crippen molar-refractivity contribution in [2.45, 2.75) is 39.3 Å². The van der Waals surface area contributed by atoms with Gasteiger partial charge in [0.25, 0.3) is 0 Å². The van der Waals surface area contributed by atoms with E-state index in [-0.39, 0.29) is 0 Å². The Kier molecular flexibility index (Phi) is 5.39. The van der Waals surface area contributed by atoms with Crippen LogP contribution in [-0.4, -0.2) is 15.8 Å². The van der Waals surface area contributed by atoms with Gasteiger partial charge in [0.05, 0.1) is 15.5 Å². The fourth-order valence-electron chi connectivity index (χ4n) is 2.09. The highest BCUT2D eigenvalue weighted by molar-refractivity contribution is 14.1. The molecule has 0 aliphatic rings. The molecule has 1 aromatic carbocycles. The SMILES string of the molecule is CCC(CC)NCc1cccc(-n2cc(I)cn2)c1. The molecule has 102 valence electrons. The molecule has 0 saturated heterocycles. The number of aromatic nitrogens is 2. The summed E-state index contributed by atoms with van der Waals surface area (Å²) in [5.41, 5.74) is 2.42. The first-order valence-corrected chi connectivity index (χ1v) is 7.83. The highest BCUT2D eigenvalue weighted by Gasteiger charge is 2.04. The molecule has 0 saturated carbocycles. The van der Waals surface area contributed by atoms with Crippen molar-refractivity contribution in [3.63, 3.8) is 0 Å². The molecule has 0 fully saturated rings. The molecule has 0 spiro atoms. The van der Waals surface area contributed by atoms with Crippen molar-refractivity contribution < 1.29 is 0 Å². The van der Waals surface area contributed by atoms with Gasteiger partial charge >= 0.3 is 0 Å². The van der Waals surface area contributed by atoms with Gasteiger partial charge in [0.2, 0.25) is 0 Å². The number of nitrogens with zero attached hydrogens (tertiary/aromatic N) is 2. The lowest BCUT2D eigenvalue weighted by Crippen LogP contribution is -2.27. The van der Waals surface area contributed by atoms with Crippen LogP contribution in [0.25, 0.3) is 5.69 Å². The van der Waals surface area contributed by atoms with Gasteiger partial charge in [-0.1, -0.05) is 26.0 Å². The predicted octanol–water partition coefficient (Wildman–Crippen LogP) is 3.76. The second kappa shape index (κ2) is 7.05. The van der Waals surface area contributed by atoms with Crippen LogP contribution in [-0.2, 0) is 6.54 Å². The zero-order valence-electron chi connectivity index (χ0n) is 11.4. The van der Waals surface area contributed by atoms with Gasteiger partial charge in [0.15, 0.2) is 0 Å². The van der Waals surface area contributed by atoms with E-state index in [4.69, 9.17) is 0 Å². The summed E-state index contributed by atoms with van der Waals surface area (Å²) in [7, 11) is 0. The van der Waals surface area contributed by atoms with E-state index >= 15 is 0 Å². The van der Waals surface area contributed by atoms with Crippen molar-refractivity contribution in [2.24, 2.45) is 0 Å². The second-order valence-electron chi connectivity index (χ2n) is 4.67. The van der Waals surface area contributed by atoms with Crippen LogP contribution in [0.15, 0.2) is 36.7 Å². The molecule has 3 nitrogen and oxygen atoms in total.